The lowest BCUT2D eigenvalue weighted by molar-refractivity contribution is -0.146. The van der Waals surface area contributed by atoms with Crippen LogP contribution in [0.3, 0.4) is 0 Å². The molecule has 0 saturated heterocycles. The molecule has 1 atom stereocenters. The molecule has 4 bridgehead atoms. The number of benzene rings is 3. The van der Waals surface area contributed by atoms with Gasteiger partial charge in [-0.1, -0.05) is 44.5 Å². The Bertz CT molecular complexity index is 2300. The molecule has 3 aromatic carbocycles. The third-order valence-electron chi connectivity index (χ3n) is 10.2. The Balaban J connectivity index is 1.51. The Kier molecular flexibility index (Phi) is 9.56. The largest absolute Gasteiger partial charge is 0.481 e. The van der Waals surface area contributed by atoms with Crippen molar-refractivity contribution in [1.29, 1.82) is 0 Å². The zero-order valence-electron chi connectivity index (χ0n) is 30.1. The summed E-state index contributed by atoms with van der Waals surface area (Å²) < 4.78 is 81.3. The van der Waals surface area contributed by atoms with Crippen LogP contribution in [0.15, 0.2) is 54.7 Å². The monoisotopic (exact) mass is 736 g/mol. The molecule has 0 radical (unpaired) electrons. The number of halogens is 3. The molecule has 0 unspecified atom stereocenters. The van der Waals surface area contributed by atoms with Crippen molar-refractivity contribution in [3.63, 3.8) is 0 Å². The molecule has 0 amide bonds. The Morgan fingerprint density at radius 2 is 1.81 bits per heavy atom. The Hall–Kier alpha value is -4.65. The van der Waals surface area contributed by atoms with Gasteiger partial charge in [-0.15, -0.1) is 0 Å². The average Bonchev–Trinajstić information content (AvgIpc) is 3.70. The molecule has 2 aromatic heterocycles. The minimum atomic E-state index is -3.70. The van der Waals surface area contributed by atoms with Crippen molar-refractivity contribution in [2.75, 3.05) is 11.5 Å². The molecular formula is C39H43F3N4O5S. The quantitative estimate of drug-likeness (QED) is 0.190. The number of aryl methyl sites for hydroxylation is 2. The van der Waals surface area contributed by atoms with E-state index in [1.165, 1.54) is 23.0 Å². The smallest absolute Gasteiger partial charge is 0.309 e. The molecule has 2 N–H and O–H groups in total. The van der Waals surface area contributed by atoms with E-state index in [1.54, 1.807) is 27.0 Å². The van der Waals surface area contributed by atoms with Gasteiger partial charge in [-0.05, 0) is 87.3 Å². The number of nitrogens with zero attached hydrogens (tertiary/aromatic N) is 3. The van der Waals surface area contributed by atoms with E-state index in [4.69, 9.17) is 14.8 Å². The number of sulfone groups is 1. The number of aromatic amines is 1. The molecule has 0 fully saturated rings. The van der Waals surface area contributed by atoms with Crippen LogP contribution in [0.4, 0.5) is 13.2 Å². The molecule has 6 rings (SSSR count). The number of hydrogen-bond donors (Lipinski definition) is 2. The zero-order valence-corrected chi connectivity index (χ0v) is 30.9. The summed E-state index contributed by atoms with van der Waals surface area (Å²) in [5.74, 6) is -4.46. The summed E-state index contributed by atoms with van der Waals surface area (Å²) in [5, 5.41) is 14.8. The highest BCUT2D eigenvalue weighted by Crippen LogP contribution is 2.42. The van der Waals surface area contributed by atoms with Crippen molar-refractivity contribution < 1.29 is 36.2 Å². The van der Waals surface area contributed by atoms with Crippen LogP contribution < -0.4 is 4.74 Å². The highest BCUT2D eigenvalue weighted by atomic mass is 32.2. The van der Waals surface area contributed by atoms with Crippen LogP contribution >= 0.6 is 0 Å². The number of hydrogen-bond acceptors (Lipinski definition) is 6. The summed E-state index contributed by atoms with van der Waals surface area (Å²) in [6, 6.07) is 12.9. The van der Waals surface area contributed by atoms with Gasteiger partial charge >= 0.3 is 5.97 Å². The zero-order chi connectivity index (χ0) is 37.8. The second kappa shape index (κ2) is 13.4. The first kappa shape index (κ1) is 37.1. The van der Waals surface area contributed by atoms with E-state index < -0.39 is 55.3 Å². The lowest BCUT2D eigenvalue weighted by Crippen LogP contribution is -2.30. The molecule has 1 aliphatic heterocycles. The van der Waals surface area contributed by atoms with Gasteiger partial charge in [0.05, 0.1) is 33.4 Å². The van der Waals surface area contributed by atoms with Crippen LogP contribution in [0.1, 0.15) is 76.4 Å². The predicted molar refractivity (Wildman–Crippen MR) is 193 cm³/mol. The van der Waals surface area contributed by atoms with Crippen molar-refractivity contribution in [3.8, 4) is 22.9 Å². The van der Waals surface area contributed by atoms with Crippen molar-refractivity contribution in [3.05, 3.63) is 94.7 Å². The van der Waals surface area contributed by atoms with Gasteiger partial charge in [0.2, 0.25) is 5.82 Å². The lowest BCUT2D eigenvalue weighted by atomic mass is 9.74. The second-order valence-corrected chi connectivity index (χ2v) is 17.8. The number of nitrogens with one attached hydrogen (secondary N) is 1. The second-order valence-electron chi connectivity index (χ2n) is 15.6. The Labute approximate surface area is 301 Å². The predicted octanol–water partition coefficient (Wildman–Crippen LogP) is 8.30. The minimum absolute atomic E-state index is 0.00744. The molecule has 13 heteroatoms. The topological polar surface area (TPSA) is 127 Å². The van der Waals surface area contributed by atoms with Gasteiger partial charge in [-0.2, -0.15) is 9.49 Å². The van der Waals surface area contributed by atoms with Gasteiger partial charge in [0.25, 0.3) is 0 Å². The third kappa shape index (κ3) is 7.19. The van der Waals surface area contributed by atoms with E-state index in [0.29, 0.717) is 25.1 Å². The SMILES string of the molecule is Cn1nc2nc1-c1cc(ccc1F)Oc1c(F)c(F)c3[nH]ccc3c1CCS(=O)(=O)CC(C)(C)CCC[C@]2(C)c1cccc(CC(C)(C)C(=O)O)c1. The maximum Gasteiger partial charge on any atom is 0.309 e. The number of aliphatic carboxylic acids is 1. The van der Waals surface area contributed by atoms with Gasteiger partial charge in [-0.25, -0.2) is 26.9 Å². The first-order chi connectivity index (χ1) is 24.3. The highest BCUT2D eigenvalue weighted by molar-refractivity contribution is 7.91. The van der Waals surface area contributed by atoms with Crippen LogP contribution in [0.5, 0.6) is 11.5 Å². The first-order valence-corrected chi connectivity index (χ1v) is 19.0. The van der Waals surface area contributed by atoms with Crippen LogP contribution in [0.25, 0.3) is 22.3 Å². The first-order valence-electron chi connectivity index (χ1n) is 17.2. The maximum atomic E-state index is 15.7. The molecule has 9 nitrogen and oxygen atoms in total. The number of aromatic nitrogens is 4. The summed E-state index contributed by atoms with van der Waals surface area (Å²) >= 11 is 0. The molecule has 0 saturated carbocycles. The van der Waals surface area contributed by atoms with E-state index in [-0.39, 0.29) is 58.0 Å². The van der Waals surface area contributed by atoms with Crippen molar-refractivity contribution in [1.82, 2.24) is 19.7 Å². The van der Waals surface area contributed by atoms with E-state index in [2.05, 4.69) is 4.98 Å². The molecule has 5 aromatic rings. The number of fused-ring (bicyclic) bond motifs is 8. The number of H-pyrrole nitrogens is 1. The summed E-state index contributed by atoms with van der Waals surface area (Å²) in [6.45, 7) is 9.08. The minimum Gasteiger partial charge on any atom is -0.481 e. The van der Waals surface area contributed by atoms with Crippen LogP contribution in [0.2, 0.25) is 0 Å². The normalized spacial score (nSPS) is 19.3. The molecule has 0 spiro atoms. The van der Waals surface area contributed by atoms with Crippen molar-refractivity contribution in [2.24, 2.45) is 17.9 Å². The fourth-order valence-corrected chi connectivity index (χ4v) is 9.24. The average molecular weight is 737 g/mol. The third-order valence-corrected chi connectivity index (χ3v) is 12.3. The van der Waals surface area contributed by atoms with Gasteiger partial charge in [-0.3, -0.25) is 4.79 Å². The van der Waals surface area contributed by atoms with Gasteiger partial charge < -0.3 is 14.8 Å². The highest BCUT2D eigenvalue weighted by Gasteiger charge is 2.37. The van der Waals surface area contributed by atoms with Gasteiger partial charge in [0.1, 0.15) is 11.6 Å². The van der Waals surface area contributed by atoms with E-state index in [1.807, 2.05) is 45.0 Å². The van der Waals surface area contributed by atoms with Gasteiger partial charge in [0, 0.05) is 24.2 Å². The van der Waals surface area contributed by atoms with Gasteiger partial charge in [0.15, 0.2) is 33.1 Å². The number of ether oxygens (including phenoxy) is 1. The lowest BCUT2D eigenvalue weighted by Gasteiger charge is -2.31. The fraction of sp³-hybridized carbons (Fsp3) is 0.410. The molecule has 3 heterocycles. The number of carbonyl (C=O) groups is 1. The van der Waals surface area contributed by atoms with Crippen molar-refractivity contribution in [2.45, 2.75) is 72.1 Å². The van der Waals surface area contributed by atoms with Crippen LogP contribution in [-0.4, -0.2) is 50.7 Å². The van der Waals surface area contributed by atoms with E-state index in [9.17, 15) is 18.3 Å². The van der Waals surface area contributed by atoms with E-state index >= 15 is 13.2 Å². The summed E-state index contributed by atoms with van der Waals surface area (Å²) in [6.07, 6.45) is 3.17. The molecule has 276 valence electrons. The Morgan fingerprint density at radius 3 is 2.54 bits per heavy atom. The Morgan fingerprint density at radius 1 is 1.06 bits per heavy atom. The maximum absolute atomic E-state index is 15.7. The number of rotatable bonds is 4. The van der Waals surface area contributed by atoms with E-state index in [0.717, 1.165) is 17.2 Å². The summed E-state index contributed by atoms with van der Waals surface area (Å²) in [7, 11) is -2.07. The van der Waals surface area contributed by atoms with Crippen LogP contribution in [0, 0.1) is 28.3 Å². The summed E-state index contributed by atoms with van der Waals surface area (Å²) in [5.41, 5.74) is -0.815. The molecule has 1 aliphatic rings. The number of carboxylic acids is 1. The fourth-order valence-electron chi connectivity index (χ4n) is 7.24. The van der Waals surface area contributed by atoms with Crippen molar-refractivity contribution >= 4 is 26.7 Å². The van der Waals surface area contributed by atoms with Crippen LogP contribution in [-0.2, 0) is 39.9 Å². The molecule has 0 aliphatic carbocycles. The standard InChI is InChI=1S/C39H43F3N4O5S/c1-37(2)15-8-16-39(5,24-10-7-9-23(19-24)21-38(3,4)36(47)48)35-44-34(46(6)45-35)28-20-25(11-12-29(28)40)51-33-27(14-18-52(49,50)22-37)26-13-17-43-32(26)30(41)31(33)42/h7,9-13,17,19-20,43H,8,14-16,18,21-22H2,1-6H3,(H,47,48)/t39-/m1/s1. The molecule has 52 heavy (non-hydrogen) atoms. The molecular weight excluding hydrogens is 694 g/mol. The number of carboxylic acid groups (broad SMARTS) is 1. The summed E-state index contributed by atoms with van der Waals surface area (Å²) in [4.78, 5) is 19.5.